The van der Waals surface area contributed by atoms with E-state index in [9.17, 15) is 20.1 Å². The van der Waals surface area contributed by atoms with Crippen molar-refractivity contribution in [1.29, 1.82) is 0 Å². The van der Waals surface area contributed by atoms with Crippen LogP contribution in [-0.2, 0) is 16.0 Å². The second-order valence-corrected chi connectivity index (χ2v) is 5.83. The quantitative estimate of drug-likeness (QED) is 0.671. The van der Waals surface area contributed by atoms with Crippen molar-refractivity contribution >= 4 is 5.97 Å². The number of rotatable bonds is 6. The predicted octanol–water partition coefficient (Wildman–Crippen LogP) is 0.655. The van der Waals surface area contributed by atoms with Gasteiger partial charge in [-0.1, -0.05) is 30.3 Å². The molecular formula is C16H22O5. The summed E-state index contributed by atoms with van der Waals surface area (Å²) < 4.78 is 4.78. The van der Waals surface area contributed by atoms with Gasteiger partial charge < -0.3 is 20.1 Å². The molecule has 1 heterocycles. The van der Waals surface area contributed by atoms with Crippen LogP contribution in [0.25, 0.3) is 0 Å². The number of cyclic esters (lactones) is 1. The lowest BCUT2D eigenvalue weighted by atomic mass is 9.78. The molecule has 0 aromatic heterocycles. The van der Waals surface area contributed by atoms with Crippen molar-refractivity contribution in [2.45, 2.75) is 44.5 Å². The number of benzene rings is 1. The number of aliphatic hydroxyl groups is 3. The summed E-state index contributed by atoms with van der Waals surface area (Å²) in [5.74, 6) is -0.613. The van der Waals surface area contributed by atoms with Crippen LogP contribution in [0.15, 0.2) is 30.3 Å². The van der Waals surface area contributed by atoms with Crippen LogP contribution in [0.3, 0.4) is 0 Å². The summed E-state index contributed by atoms with van der Waals surface area (Å²) >= 11 is 0. The lowest BCUT2D eigenvalue weighted by Gasteiger charge is -2.30. The van der Waals surface area contributed by atoms with Crippen molar-refractivity contribution in [2.75, 3.05) is 6.61 Å². The van der Waals surface area contributed by atoms with Gasteiger partial charge in [0.05, 0.1) is 12.2 Å². The number of carbonyl (C=O) groups excluding carboxylic acids is 1. The Balaban J connectivity index is 1.87. The zero-order valence-corrected chi connectivity index (χ0v) is 12.1. The van der Waals surface area contributed by atoms with Crippen LogP contribution < -0.4 is 0 Å². The molecule has 0 bridgehead atoms. The first kappa shape index (κ1) is 15.9. The number of hydrogen-bond acceptors (Lipinski definition) is 5. The Morgan fingerprint density at radius 1 is 1.33 bits per heavy atom. The molecular weight excluding hydrogens is 272 g/mol. The average Bonchev–Trinajstić information content (AvgIpc) is 2.75. The minimum atomic E-state index is -1.35. The van der Waals surface area contributed by atoms with Crippen molar-refractivity contribution in [1.82, 2.24) is 0 Å². The van der Waals surface area contributed by atoms with Gasteiger partial charge in [0, 0.05) is 6.42 Å². The fourth-order valence-electron chi connectivity index (χ4n) is 2.58. The van der Waals surface area contributed by atoms with Crippen LogP contribution in [0.4, 0.5) is 0 Å². The second kappa shape index (κ2) is 6.56. The van der Waals surface area contributed by atoms with Crippen LogP contribution in [0, 0.1) is 5.41 Å². The zero-order chi connectivity index (χ0) is 15.5. The highest BCUT2D eigenvalue weighted by molar-refractivity contribution is 5.80. The molecule has 0 aliphatic carbocycles. The van der Waals surface area contributed by atoms with E-state index in [1.165, 1.54) is 6.92 Å². The fraction of sp³-hybridized carbons (Fsp3) is 0.562. The summed E-state index contributed by atoms with van der Waals surface area (Å²) in [7, 11) is 0. The van der Waals surface area contributed by atoms with Crippen molar-refractivity contribution in [3.63, 3.8) is 0 Å². The first-order chi connectivity index (χ1) is 9.94. The monoisotopic (exact) mass is 294 g/mol. The van der Waals surface area contributed by atoms with E-state index in [1.807, 2.05) is 30.3 Å². The molecule has 5 heteroatoms. The molecule has 21 heavy (non-hydrogen) atoms. The topological polar surface area (TPSA) is 87.0 Å². The van der Waals surface area contributed by atoms with Gasteiger partial charge in [0.1, 0.15) is 18.1 Å². The third-order valence-electron chi connectivity index (χ3n) is 4.30. The molecule has 0 saturated carbocycles. The Bertz CT molecular complexity index is 475. The smallest absolute Gasteiger partial charge is 0.317 e. The molecule has 2 rings (SSSR count). The number of esters is 1. The van der Waals surface area contributed by atoms with E-state index in [2.05, 4.69) is 0 Å². The highest BCUT2D eigenvalue weighted by Gasteiger charge is 2.53. The van der Waals surface area contributed by atoms with Crippen LogP contribution in [0.2, 0.25) is 0 Å². The van der Waals surface area contributed by atoms with E-state index in [0.29, 0.717) is 12.8 Å². The van der Waals surface area contributed by atoms with E-state index >= 15 is 0 Å². The van der Waals surface area contributed by atoms with Gasteiger partial charge in [-0.25, -0.2) is 0 Å². The number of carbonyl (C=O) groups is 1. The van der Waals surface area contributed by atoms with Crippen molar-refractivity contribution in [2.24, 2.45) is 5.41 Å². The van der Waals surface area contributed by atoms with E-state index in [1.54, 1.807) is 0 Å². The van der Waals surface area contributed by atoms with Crippen LogP contribution in [0.1, 0.15) is 25.3 Å². The Morgan fingerprint density at radius 3 is 2.57 bits per heavy atom. The average molecular weight is 294 g/mol. The van der Waals surface area contributed by atoms with Crippen molar-refractivity contribution < 1.29 is 24.9 Å². The van der Waals surface area contributed by atoms with Gasteiger partial charge in [0.2, 0.25) is 0 Å². The molecule has 116 valence electrons. The normalized spacial score (nSPS) is 28.2. The first-order valence-corrected chi connectivity index (χ1v) is 7.20. The molecule has 0 spiro atoms. The molecule has 1 aliphatic rings. The Hall–Kier alpha value is -1.43. The molecule has 1 saturated heterocycles. The molecule has 1 aliphatic heterocycles. The zero-order valence-electron chi connectivity index (χ0n) is 12.1. The molecule has 1 aromatic carbocycles. The van der Waals surface area contributed by atoms with E-state index in [4.69, 9.17) is 4.74 Å². The third-order valence-corrected chi connectivity index (χ3v) is 4.30. The maximum atomic E-state index is 11.7. The largest absolute Gasteiger partial charge is 0.462 e. The number of ether oxygens (including phenoxy) is 1. The van der Waals surface area contributed by atoms with E-state index in [-0.39, 0.29) is 13.0 Å². The molecule has 1 aromatic rings. The molecule has 4 unspecified atom stereocenters. The van der Waals surface area contributed by atoms with Crippen molar-refractivity contribution in [3.8, 4) is 0 Å². The molecule has 4 atom stereocenters. The standard InChI is InChI=1S/C16H22O5/c1-16(14(19)10-21-15(16)20)13(18)9-12(17)8-7-11-5-3-2-4-6-11/h2-6,12-14,17-19H,7-10H2,1H3. The first-order valence-electron chi connectivity index (χ1n) is 7.20. The minimum absolute atomic E-state index is 0.0372. The molecule has 3 N–H and O–H groups in total. The number of aliphatic hydroxyl groups excluding tert-OH is 3. The molecule has 1 fully saturated rings. The van der Waals surface area contributed by atoms with Crippen molar-refractivity contribution in [3.05, 3.63) is 35.9 Å². The molecule has 5 nitrogen and oxygen atoms in total. The summed E-state index contributed by atoms with van der Waals surface area (Å²) in [4.78, 5) is 11.7. The van der Waals surface area contributed by atoms with Crippen LogP contribution >= 0.6 is 0 Å². The van der Waals surface area contributed by atoms with Gasteiger partial charge in [-0.05, 0) is 25.3 Å². The summed E-state index contributed by atoms with van der Waals surface area (Å²) in [5.41, 5.74) is -0.245. The fourth-order valence-corrected chi connectivity index (χ4v) is 2.58. The summed E-state index contributed by atoms with van der Waals surface area (Å²) in [6.07, 6.45) is -1.69. The maximum Gasteiger partial charge on any atom is 0.317 e. The minimum Gasteiger partial charge on any atom is -0.462 e. The summed E-state index contributed by atoms with van der Waals surface area (Å²) in [6, 6.07) is 9.74. The molecule has 0 radical (unpaired) electrons. The third kappa shape index (κ3) is 3.43. The Labute approximate surface area is 124 Å². The van der Waals surface area contributed by atoms with E-state index < -0.39 is 29.7 Å². The van der Waals surface area contributed by atoms with Crippen LogP contribution in [-0.4, -0.2) is 46.2 Å². The lowest BCUT2D eigenvalue weighted by Crippen LogP contribution is -2.46. The second-order valence-electron chi connectivity index (χ2n) is 5.83. The lowest BCUT2D eigenvalue weighted by molar-refractivity contribution is -0.153. The van der Waals surface area contributed by atoms with E-state index in [0.717, 1.165) is 5.56 Å². The molecule has 0 amide bonds. The van der Waals surface area contributed by atoms with Gasteiger partial charge in [0.15, 0.2) is 0 Å². The highest BCUT2D eigenvalue weighted by Crippen LogP contribution is 2.35. The maximum absolute atomic E-state index is 11.7. The predicted molar refractivity (Wildman–Crippen MR) is 76.5 cm³/mol. The number of aryl methyl sites for hydroxylation is 1. The van der Waals surface area contributed by atoms with Crippen LogP contribution in [0.5, 0.6) is 0 Å². The summed E-state index contributed by atoms with van der Waals surface area (Å²) in [5, 5.41) is 30.1. The van der Waals surface area contributed by atoms with Gasteiger partial charge in [-0.3, -0.25) is 4.79 Å². The highest BCUT2D eigenvalue weighted by atomic mass is 16.6. The Morgan fingerprint density at radius 2 is 2.00 bits per heavy atom. The van der Waals surface area contributed by atoms with Gasteiger partial charge >= 0.3 is 5.97 Å². The number of hydrogen-bond donors (Lipinski definition) is 3. The van der Waals surface area contributed by atoms with Gasteiger partial charge in [0.25, 0.3) is 0 Å². The van der Waals surface area contributed by atoms with Gasteiger partial charge in [-0.2, -0.15) is 0 Å². The summed E-state index contributed by atoms with van der Waals surface area (Å²) in [6.45, 7) is 1.37. The SMILES string of the molecule is CC1(C(O)CC(O)CCc2ccccc2)C(=O)OCC1O. The van der Waals surface area contributed by atoms with Gasteiger partial charge in [-0.15, -0.1) is 0 Å². The Kier molecular flexibility index (Phi) is 4.98.